The normalized spacial score (nSPS) is 50.5. The number of aliphatic hydroxyl groups is 7. The van der Waals surface area contributed by atoms with Crippen molar-refractivity contribution < 1.29 is 35.7 Å². The molecule has 5 atom stereocenters. The van der Waals surface area contributed by atoms with E-state index in [1.54, 1.807) is 0 Å². The summed E-state index contributed by atoms with van der Waals surface area (Å²) in [4.78, 5) is 0. The molecule has 7 heteroatoms. The summed E-state index contributed by atoms with van der Waals surface area (Å²) in [5, 5.41) is 62.9. The summed E-state index contributed by atoms with van der Waals surface area (Å²) in [7, 11) is 0. The predicted molar refractivity (Wildman–Crippen MR) is 37.2 cm³/mol. The van der Waals surface area contributed by atoms with Gasteiger partial charge in [0.2, 0.25) is 5.79 Å². The van der Waals surface area contributed by atoms with E-state index < -0.39 is 36.3 Å². The Balaban J connectivity index is 2.93. The van der Waals surface area contributed by atoms with Crippen LogP contribution in [0.4, 0.5) is 0 Å². The van der Waals surface area contributed by atoms with E-state index in [1.165, 1.54) is 0 Å². The van der Waals surface area contributed by atoms with Crippen LogP contribution in [0.1, 0.15) is 0 Å². The third-order valence-electron chi connectivity index (χ3n) is 2.22. The number of hydrogen-bond donors (Lipinski definition) is 7. The van der Waals surface area contributed by atoms with Crippen molar-refractivity contribution in [3.63, 3.8) is 0 Å². The van der Waals surface area contributed by atoms with Gasteiger partial charge in [0, 0.05) is 0 Å². The first-order valence-corrected chi connectivity index (χ1v) is 3.65. The summed E-state index contributed by atoms with van der Waals surface area (Å²) in [5.74, 6) is -3.03. The van der Waals surface area contributed by atoms with Crippen LogP contribution in [0.3, 0.4) is 0 Å². The van der Waals surface area contributed by atoms with Crippen LogP contribution in [0.2, 0.25) is 0 Å². The maximum Gasteiger partial charge on any atom is 0.221 e. The van der Waals surface area contributed by atoms with E-state index in [9.17, 15) is 0 Å². The summed E-state index contributed by atoms with van der Waals surface area (Å²) in [6, 6.07) is 0. The summed E-state index contributed by atoms with van der Waals surface area (Å²) in [6.07, 6.45) is -9.94. The number of rotatable bonds is 0. The molecule has 1 unspecified atom stereocenters. The van der Waals surface area contributed by atoms with Crippen LogP contribution in [-0.4, -0.2) is 72.1 Å². The Morgan fingerprint density at radius 1 is 0.615 bits per heavy atom. The van der Waals surface area contributed by atoms with Crippen molar-refractivity contribution in [2.24, 2.45) is 0 Å². The lowest BCUT2D eigenvalue weighted by Crippen LogP contribution is -2.70. The Morgan fingerprint density at radius 3 is 1.23 bits per heavy atom. The molecule has 0 aromatic heterocycles. The van der Waals surface area contributed by atoms with E-state index in [2.05, 4.69) is 0 Å². The van der Waals surface area contributed by atoms with Crippen molar-refractivity contribution in [3.05, 3.63) is 0 Å². The predicted octanol–water partition coefficient (Wildman–Crippen LogP) is -4.51. The number of aliphatic hydroxyl groups excluding tert-OH is 5. The molecule has 1 rings (SSSR count). The first-order chi connectivity index (χ1) is 5.80. The molecule has 0 spiro atoms. The second kappa shape index (κ2) is 3.14. The van der Waals surface area contributed by atoms with Gasteiger partial charge in [0.25, 0.3) is 0 Å². The van der Waals surface area contributed by atoms with Crippen molar-refractivity contribution >= 4 is 0 Å². The fourth-order valence-corrected chi connectivity index (χ4v) is 1.25. The quantitative estimate of drug-likeness (QED) is 0.193. The highest BCUT2D eigenvalue weighted by molar-refractivity contribution is 5.02. The molecule has 0 aliphatic heterocycles. The summed E-state index contributed by atoms with van der Waals surface area (Å²) >= 11 is 0. The molecule has 7 N–H and O–H groups in total. The molecule has 0 saturated heterocycles. The largest absolute Gasteiger partial charge is 0.387 e. The smallest absolute Gasteiger partial charge is 0.221 e. The van der Waals surface area contributed by atoms with Gasteiger partial charge < -0.3 is 35.7 Å². The first-order valence-electron chi connectivity index (χ1n) is 3.65. The molecule has 78 valence electrons. The second-order valence-electron chi connectivity index (χ2n) is 3.14. The van der Waals surface area contributed by atoms with Crippen LogP contribution in [-0.2, 0) is 0 Å². The van der Waals surface area contributed by atoms with Crippen molar-refractivity contribution in [2.45, 2.75) is 36.3 Å². The SMILES string of the molecule is OC1[C@@H](O)[C@@H](O)C(O)(O)[C@@H](O)[C@@H]1O. The molecule has 0 amide bonds. The van der Waals surface area contributed by atoms with Crippen LogP contribution < -0.4 is 0 Å². The van der Waals surface area contributed by atoms with Crippen LogP contribution >= 0.6 is 0 Å². The lowest BCUT2D eigenvalue weighted by atomic mass is 9.82. The zero-order chi connectivity index (χ0) is 10.4. The van der Waals surface area contributed by atoms with Gasteiger partial charge in [-0.05, 0) is 0 Å². The molecule has 0 aromatic carbocycles. The van der Waals surface area contributed by atoms with E-state index in [-0.39, 0.29) is 0 Å². The van der Waals surface area contributed by atoms with Gasteiger partial charge in [0.1, 0.15) is 30.5 Å². The first kappa shape index (κ1) is 10.8. The topological polar surface area (TPSA) is 142 Å². The maximum atomic E-state index is 8.99. The average Bonchev–Trinajstić information content (AvgIpc) is 2.09. The molecule has 0 bridgehead atoms. The minimum atomic E-state index is -3.03. The van der Waals surface area contributed by atoms with E-state index in [0.29, 0.717) is 0 Å². The van der Waals surface area contributed by atoms with Gasteiger partial charge in [-0.1, -0.05) is 0 Å². The third-order valence-corrected chi connectivity index (χ3v) is 2.22. The summed E-state index contributed by atoms with van der Waals surface area (Å²) in [6.45, 7) is 0. The molecular weight excluding hydrogens is 184 g/mol. The molecular formula is C6H12O7. The van der Waals surface area contributed by atoms with E-state index in [0.717, 1.165) is 0 Å². The molecule has 0 heterocycles. The van der Waals surface area contributed by atoms with Gasteiger partial charge in [-0.3, -0.25) is 0 Å². The zero-order valence-electron chi connectivity index (χ0n) is 6.52. The van der Waals surface area contributed by atoms with Crippen molar-refractivity contribution in [1.29, 1.82) is 0 Å². The second-order valence-corrected chi connectivity index (χ2v) is 3.14. The Morgan fingerprint density at radius 2 is 0.923 bits per heavy atom. The third kappa shape index (κ3) is 1.44. The Labute approximate surface area is 73.1 Å². The van der Waals surface area contributed by atoms with E-state index >= 15 is 0 Å². The standard InChI is InChI=1S/C6H12O7/c7-1-2(8)4(10)6(12,13)5(11)3(1)9/h1-5,7-13H/t1?,2-,3-,4-,5+/m1/s1. The van der Waals surface area contributed by atoms with Gasteiger partial charge in [0.15, 0.2) is 0 Å². The van der Waals surface area contributed by atoms with Crippen LogP contribution in [0.5, 0.6) is 0 Å². The van der Waals surface area contributed by atoms with Crippen molar-refractivity contribution in [1.82, 2.24) is 0 Å². The highest BCUT2D eigenvalue weighted by atomic mass is 16.6. The van der Waals surface area contributed by atoms with Gasteiger partial charge >= 0.3 is 0 Å². The van der Waals surface area contributed by atoms with Gasteiger partial charge in [-0.25, -0.2) is 0 Å². The monoisotopic (exact) mass is 196 g/mol. The summed E-state index contributed by atoms with van der Waals surface area (Å²) in [5.41, 5.74) is 0. The Bertz CT molecular complexity index is 175. The van der Waals surface area contributed by atoms with Gasteiger partial charge in [-0.2, -0.15) is 0 Å². The molecule has 1 fully saturated rings. The maximum absolute atomic E-state index is 8.99. The summed E-state index contributed by atoms with van der Waals surface area (Å²) < 4.78 is 0. The van der Waals surface area contributed by atoms with E-state index in [4.69, 9.17) is 35.7 Å². The molecule has 1 saturated carbocycles. The van der Waals surface area contributed by atoms with Crippen molar-refractivity contribution in [3.8, 4) is 0 Å². The Hall–Kier alpha value is -0.280. The van der Waals surface area contributed by atoms with Crippen LogP contribution in [0.15, 0.2) is 0 Å². The minimum absolute atomic E-state index is 1.82. The molecule has 1 aliphatic carbocycles. The fourth-order valence-electron chi connectivity index (χ4n) is 1.25. The van der Waals surface area contributed by atoms with Gasteiger partial charge in [0.05, 0.1) is 0 Å². The highest BCUT2D eigenvalue weighted by Crippen LogP contribution is 2.27. The average molecular weight is 196 g/mol. The fraction of sp³-hybridized carbons (Fsp3) is 1.00. The molecule has 13 heavy (non-hydrogen) atoms. The molecule has 0 aromatic rings. The highest BCUT2D eigenvalue weighted by Gasteiger charge is 2.56. The molecule has 0 radical (unpaired) electrons. The van der Waals surface area contributed by atoms with Gasteiger partial charge in [-0.15, -0.1) is 0 Å². The number of hydrogen-bond acceptors (Lipinski definition) is 7. The Kier molecular flexibility index (Phi) is 2.61. The van der Waals surface area contributed by atoms with Crippen LogP contribution in [0, 0.1) is 0 Å². The van der Waals surface area contributed by atoms with Crippen molar-refractivity contribution in [2.75, 3.05) is 0 Å². The molecule has 1 aliphatic rings. The molecule has 7 nitrogen and oxygen atoms in total. The van der Waals surface area contributed by atoms with E-state index in [1.807, 2.05) is 0 Å². The minimum Gasteiger partial charge on any atom is -0.387 e. The zero-order valence-corrected chi connectivity index (χ0v) is 6.52. The van der Waals surface area contributed by atoms with Crippen LogP contribution in [0.25, 0.3) is 0 Å². The lowest BCUT2D eigenvalue weighted by molar-refractivity contribution is -0.344. The lowest BCUT2D eigenvalue weighted by Gasteiger charge is -2.44.